The number of fused-ring (bicyclic) bond motifs is 1. The Morgan fingerprint density at radius 1 is 1.08 bits per heavy atom. The van der Waals surface area contributed by atoms with Crippen molar-refractivity contribution in [2.24, 2.45) is 5.41 Å². The van der Waals surface area contributed by atoms with Gasteiger partial charge in [0.1, 0.15) is 0 Å². The summed E-state index contributed by atoms with van der Waals surface area (Å²) in [7, 11) is 0. The second kappa shape index (κ2) is 7.59. The number of aromatic nitrogens is 1. The fourth-order valence-electron chi connectivity index (χ4n) is 2.61. The molecule has 0 aliphatic carbocycles. The van der Waals surface area contributed by atoms with Crippen LogP contribution in [0, 0.1) is 5.41 Å². The van der Waals surface area contributed by atoms with Crippen LogP contribution in [0.2, 0.25) is 0 Å². The van der Waals surface area contributed by atoms with Crippen LogP contribution in [0.5, 0.6) is 0 Å². The van der Waals surface area contributed by atoms with Crippen LogP contribution in [0.25, 0.3) is 10.9 Å². The lowest BCUT2D eigenvalue weighted by Crippen LogP contribution is -2.39. The van der Waals surface area contributed by atoms with E-state index in [-0.39, 0.29) is 17.6 Å². The summed E-state index contributed by atoms with van der Waals surface area (Å²) in [6, 6.07) is 8.33. The molecule has 0 radical (unpaired) electrons. The Balaban J connectivity index is 1.94. The van der Waals surface area contributed by atoms with Gasteiger partial charge in [-0.25, -0.2) is 0 Å². The predicted molar refractivity (Wildman–Crippen MR) is 104 cm³/mol. The van der Waals surface area contributed by atoms with Crippen molar-refractivity contribution in [2.75, 3.05) is 6.61 Å². The molecule has 4 heteroatoms. The molecule has 1 N–H and O–H groups in total. The van der Waals surface area contributed by atoms with Gasteiger partial charge in [-0.3, -0.25) is 0 Å². The molecule has 0 saturated heterocycles. The maximum atomic E-state index is 9.63. The third-order valence-electron chi connectivity index (χ3n) is 5.16. The zero-order valence-electron chi connectivity index (χ0n) is 15.5. The van der Waals surface area contributed by atoms with Gasteiger partial charge in [-0.1, -0.05) is 36.7 Å². The summed E-state index contributed by atoms with van der Waals surface area (Å²) in [5.41, 5.74) is 2.15. The molecule has 0 fully saturated rings. The van der Waals surface area contributed by atoms with Gasteiger partial charge in [-0.2, -0.15) is 0 Å². The number of halogens is 1. The largest absolute Gasteiger partial charge is 0.390 e. The fraction of sp³-hybridized carbons (Fsp3) is 0.600. The fourth-order valence-corrected chi connectivity index (χ4v) is 2.99. The van der Waals surface area contributed by atoms with Gasteiger partial charge in [-0.15, -0.1) is 0 Å². The number of rotatable bonds is 7. The number of hydrogen-bond donors (Lipinski definition) is 1. The Morgan fingerprint density at radius 3 is 2.42 bits per heavy atom. The van der Waals surface area contributed by atoms with Gasteiger partial charge in [0, 0.05) is 34.2 Å². The molecule has 1 heterocycles. The Hall–Kier alpha value is -0.840. The van der Waals surface area contributed by atoms with Crippen molar-refractivity contribution in [1.82, 2.24) is 4.57 Å². The van der Waals surface area contributed by atoms with E-state index in [1.165, 1.54) is 10.9 Å². The third kappa shape index (κ3) is 4.41. The standard InChI is InChI=1S/C20H30BrNO2/c1-19(2,3)20(4,5)24-11-7-6-10-22-17(14-23)13-15-12-16(21)8-9-18(15)22/h8-9,12-13,23H,6-7,10-11,14H2,1-5H3. The summed E-state index contributed by atoms with van der Waals surface area (Å²) in [5.74, 6) is 0. The number of aliphatic hydroxyl groups is 1. The lowest BCUT2D eigenvalue weighted by Gasteiger charge is -2.38. The maximum Gasteiger partial charge on any atom is 0.0833 e. The molecule has 0 aliphatic heterocycles. The molecule has 0 amide bonds. The van der Waals surface area contributed by atoms with Crippen molar-refractivity contribution < 1.29 is 9.84 Å². The van der Waals surface area contributed by atoms with E-state index >= 15 is 0 Å². The van der Waals surface area contributed by atoms with Gasteiger partial charge in [0.15, 0.2) is 0 Å². The Kier molecular flexibility index (Phi) is 6.16. The Morgan fingerprint density at radius 2 is 1.79 bits per heavy atom. The number of hydrogen-bond acceptors (Lipinski definition) is 2. The molecule has 0 saturated carbocycles. The number of nitrogens with zero attached hydrogens (tertiary/aromatic N) is 1. The number of ether oxygens (including phenoxy) is 1. The Bertz CT molecular complexity index is 683. The quantitative estimate of drug-likeness (QED) is 0.626. The number of aliphatic hydroxyl groups excluding tert-OH is 1. The summed E-state index contributed by atoms with van der Waals surface area (Å²) < 4.78 is 9.39. The van der Waals surface area contributed by atoms with E-state index in [2.05, 4.69) is 79.4 Å². The van der Waals surface area contributed by atoms with E-state index in [0.717, 1.165) is 36.2 Å². The zero-order valence-corrected chi connectivity index (χ0v) is 17.1. The van der Waals surface area contributed by atoms with Gasteiger partial charge >= 0.3 is 0 Å². The van der Waals surface area contributed by atoms with Crippen LogP contribution in [-0.4, -0.2) is 21.9 Å². The van der Waals surface area contributed by atoms with E-state index in [0.29, 0.717) is 0 Å². The summed E-state index contributed by atoms with van der Waals surface area (Å²) >= 11 is 3.51. The molecule has 1 aromatic carbocycles. The van der Waals surface area contributed by atoms with E-state index < -0.39 is 0 Å². The molecule has 2 rings (SSSR count). The molecular formula is C20H30BrNO2. The highest BCUT2D eigenvalue weighted by Gasteiger charge is 2.33. The van der Waals surface area contributed by atoms with Crippen molar-refractivity contribution >= 4 is 26.8 Å². The average molecular weight is 396 g/mol. The molecular weight excluding hydrogens is 366 g/mol. The first-order valence-corrected chi connectivity index (χ1v) is 9.47. The smallest absolute Gasteiger partial charge is 0.0833 e. The molecule has 134 valence electrons. The normalized spacial score (nSPS) is 13.0. The van der Waals surface area contributed by atoms with E-state index in [1.807, 2.05) is 0 Å². The maximum absolute atomic E-state index is 9.63. The highest BCUT2D eigenvalue weighted by atomic mass is 79.9. The number of benzene rings is 1. The highest BCUT2D eigenvalue weighted by molar-refractivity contribution is 9.10. The lowest BCUT2D eigenvalue weighted by molar-refractivity contribution is -0.0912. The molecule has 2 aromatic rings. The van der Waals surface area contributed by atoms with Crippen LogP contribution < -0.4 is 0 Å². The first kappa shape index (κ1) is 19.5. The first-order valence-electron chi connectivity index (χ1n) is 8.68. The Labute approximate surface area is 154 Å². The number of aryl methyl sites for hydroxylation is 1. The van der Waals surface area contributed by atoms with E-state index in [4.69, 9.17) is 4.74 Å². The first-order chi connectivity index (χ1) is 11.2. The van der Waals surface area contributed by atoms with Crippen LogP contribution >= 0.6 is 15.9 Å². The molecule has 0 bridgehead atoms. The molecule has 1 aromatic heterocycles. The SMILES string of the molecule is CC(C)(C)C(C)(C)OCCCCn1c(CO)cc2cc(Br)ccc21. The molecule has 0 aliphatic rings. The van der Waals surface area contributed by atoms with Gasteiger partial charge < -0.3 is 14.4 Å². The van der Waals surface area contributed by atoms with Crippen molar-refractivity contribution in [1.29, 1.82) is 0 Å². The molecule has 24 heavy (non-hydrogen) atoms. The number of unbranched alkanes of at least 4 members (excludes halogenated alkanes) is 1. The van der Waals surface area contributed by atoms with Crippen LogP contribution in [0.1, 0.15) is 53.2 Å². The monoisotopic (exact) mass is 395 g/mol. The highest BCUT2D eigenvalue weighted by Crippen LogP contribution is 2.33. The summed E-state index contributed by atoms with van der Waals surface area (Å²) in [5, 5.41) is 10.8. The van der Waals surface area contributed by atoms with E-state index in [1.54, 1.807) is 0 Å². The summed E-state index contributed by atoms with van der Waals surface area (Å²) in [4.78, 5) is 0. The minimum atomic E-state index is -0.129. The van der Waals surface area contributed by atoms with Crippen LogP contribution in [-0.2, 0) is 17.9 Å². The minimum absolute atomic E-state index is 0.0693. The molecule has 0 unspecified atom stereocenters. The second-order valence-electron chi connectivity index (χ2n) is 7.96. The van der Waals surface area contributed by atoms with Crippen LogP contribution in [0.15, 0.2) is 28.7 Å². The van der Waals surface area contributed by atoms with Crippen molar-refractivity contribution in [3.05, 3.63) is 34.4 Å². The van der Waals surface area contributed by atoms with Crippen LogP contribution in [0.3, 0.4) is 0 Å². The lowest BCUT2D eigenvalue weighted by atomic mass is 9.79. The van der Waals surface area contributed by atoms with Crippen molar-refractivity contribution in [3.63, 3.8) is 0 Å². The second-order valence-corrected chi connectivity index (χ2v) is 8.88. The van der Waals surface area contributed by atoms with Gasteiger partial charge in [0.05, 0.1) is 12.2 Å². The zero-order chi connectivity index (χ0) is 18.0. The van der Waals surface area contributed by atoms with Crippen LogP contribution in [0.4, 0.5) is 0 Å². The molecule has 0 atom stereocenters. The molecule has 3 nitrogen and oxygen atoms in total. The van der Waals surface area contributed by atoms with Gasteiger partial charge in [0.25, 0.3) is 0 Å². The predicted octanol–water partition coefficient (Wildman–Crippen LogP) is 5.52. The van der Waals surface area contributed by atoms with Gasteiger partial charge in [-0.05, 0) is 56.4 Å². The average Bonchev–Trinajstić information content (AvgIpc) is 2.82. The van der Waals surface area contributed by atoms with Crippen molar-refractivity contribution in [3.8, 4) is 0 Å². The van der Waals surface area contributed by atoms with Crippen molar-refractivity contribution in [2.45, 2.75) is 66.2 Å². The minimum Gasteiger partial charge on any atom is -0.390 e. The van der Waals surface area contributed by atoms with Gasteiger partial charge in [0.2, 0.25) is 0 Å². The topological polar surface area (TPSA) is 34.4 Å². The summed E-state index contributed by atoms with van der Waals surface area (Å²) in [6.07, 6.45) is 2.05. The summed E-state index contributed by atoms with van der Waals surface area (Å²) in [6.45, 7) is 12.7. The van der Waals surface area contributed by atoms with E-state index in [9.17, 15) is 5.11 Å². The third-order valence-corrected chi connectivity index (χ3v) is 5.65. The molecule has 0 spiro atoms.